The first-order chi connectivity index (χ1) is 16.4. The number of carbonyl (C=O) groups excluding carboxylic acids is 1. The number of thiocarbonyl (C=S) groups is 1. The van der Waals surface area contributed by atoms with E-state index in [1.807, 2.05) is 30.3 Å². The summed E-state index contributed by atoms with van der Waals surface area (Å²) < 4.78 is 7.35. The molecule has 2 heterocycles. The number of benzene rings is 2. The molecule has 34 heavy (non-hydrogen) atoms. The Balaban J connectivity index is 1.82. The maximum Gasteiger partial charge on any atom is 0.311 e. The molecule has 0 atom stereocenters. The van der Waals surface area contributed by atoms with Crippen LogP contribution in [0.3, 0.4) is 0 Å². The van der Waals surface area contributed by atoms with Crippen LogP contribution in [0.15, 0.2) is 59.6 Å². The number of aromatic nitrogens is 2. The summed E-state index contributed by atoms with van der Waals surface area (Å²) >= 11 is 6.68. The number of para-hydroxylation sites is 1. The van der Waals surface area contributed by atoms with E-state index in [1.54, 1.807) is 34.0 Å². The van der Waals surface area contributed by atoms with Crippen LogP contribution in [0, 0.1) is 10.1 Å². The zero-order valence-corrected chi connectivity index (χ0v) is 20.3. The van der Waals surface area contributed by atoms with Gasteiger partial charge in [-0.05, 0) is 36.8 Å². The number of carbonyl (C=O) groups is 1. The Morgan fingerprint density at radius 2 is 2.00 bits per heavy atom. The third-order valence-electron chi connectivity index (χ3n) is 5.31. The molecule has 10 heteroatoms. The Kier molecular flexibility index (Phi) is 7.09. The molecule has 1 aliphatic rings. The van der Waals surface area contributed by atoms with Crippen LogP contribution in [0.2, 0.25) is 0 Å². The lowest BCUT2D eigenvalue weighted by Crippen LogP contribution is -2.28. The van der Waals surface area contributed by atoms with Gasteiger partial charge in [0.1, 0.15) is 10.0 Å². The molecule has 8 nitrogen and oxygen atoms in total. The first kappa shape index (κ1) is 23.7. The molecule has 1 saturated heterocycles. The molecule has 0 aliphatic carbocycles. The van der Waals surface area contributed by atoms with Crippen molar-refractivity contribution in [1.82, 2.24) is 14.7 Å². The molecular formula is C24H22N4O4S2. The fourth-order valence-corrected chi connectivity index (χ4v) is 4.86. The van der Waals surface area contributed by atoms with E-state index in [2.05, 4.69) is 6.92 Å². The number of unbranched alkanes of at least 4 members (excludes halogenated alkanes) is 1. The van der Waals surface area contributed by atoms with Gasteiger partial charge in [-0.2, -0.15) is 5.10 Å². The standard InChI is InChI=1S/C24H22N4O4S2/c1-3-4-12-26-23(29)21(34-24(26)33)14-17-15-27(18-8-6-5-7-9-18)25-22(17)16-10-11-20(32-2)19(13-16)28(30)31/h5-11,13-15H,3-4,12H2,1-2H3. The average Bonchev–Trinajstić information content (AvgIpc) is 3.38. The fraction of sp³-hybridized carbons (Fsp3) is 0.208. The zero-order valence-electron chi connectivity index (χ0n) is 18.6. The van der Waals surface area contributed by atoms with Gasteiger partial charge >= 0.3 is 5.69 Å². The Morgan fingerprint density at radius 3 is 2.68 bits per heavy atom. The number of methoxy groups -OCH3 is 1. The summed E-state index contributed by atoms with van der Waals surface area (Å²) in [6.07, 6.45) is 5.38. The summed E-state index contributed by atoms with van der Waals surface area (Å²) in [5, 5.41) is 16.3. The van der Waals surface area contributed by atoms with E-state index in [9.17, 15) is 14.9 Å². The van der Waals surface area contributed by atoms with Crippen LogP contribution < -0.4 is 4.74 Å². The largest absolute Gasteiger partial charge is 0.490 e. The molecule has 174 valence electrons. The van der Waals surface area contributed by atoms with Gasteiger partial charge in [-0.1, -0.05) is 55.5 Å². The molecule has 0 spiro atoms. The number of nitrogens with zero attached hydrogens (tertiary/aromatic N) is 4. The Bertz CT molecular complexity index is 1290. The number of ether oxygens (including phenoxy) is 1. The molecule has 1 fully saturated rings. The van der Waals surface area contributed by atoms with E-state index < -0.39 is 4.92 Å². The molecule has 1 aromatic heterocycles. The monoisotopic (exact) mass is 494 g/mol. The minimum Gasteiger partial charge on any atom is -0.490 e. The van der Waals surface area contributed by atoms with Crippen molar-refractivity contribution in [3.05, 3.63) is 75.3 Å². The van der Waals surface area contributed by atoms with Crippen molar-refractivity contribution in [3.8, 4) is 22.7 Å². The van der Waals surface area contributed by atoms with E-state index in [0.29, 0.717) is 32.6 Å². The van der Waals surface area contributed by atoms with Crippen LogP contribution in [-0.4, -0.2) is 43.5 Å². The van der Waals surface area contributed by atoms with Crippen molar-refractivity contribution in [2.45, 2.75) is 19.8 Å². The molecule has 4 rings (SSSR count). The third-order valence-corrected chi connectivity index (χ3v) is 6.69. The van der Waals surface area contributed by atoms with Gasteiger partial charge in [-0.3, -0.25) is 19.8 Å². The third kappa shape index (κ3) is 4.73. The number of rotatable bonds is 8. The van der Waals surface area contributed by atoms with Crippen LogP contribution in [-0.2, 0) is 4.79 Å². The predicted molar refractivity (Wildman–Crippen MR) is 137 cm³/mol. The molecular weight excluding hydrogens is 472 g/mol. The van der Waals surface area contributed by atoms with E-state index in [0.717, 1.165) is 18.5 Å². The Labute approximate surface area is 206 Å². The summed E-state index contributed by atoms with van der Waals surface area (Å²) in [6, 6.07) is 14.2. The van der Waals surface area contributed by atoms with Crippen molar-refractivity contribution >= 4 is 46.0 Å². The van der Waals surface area contributed by atoms with E-state index in [4.69, 9.17) is 22.1 Å². The van der Waals surface area contributed by atoms with Gasteiger partial charge in [-0.15, -0.1) is 0 Å². The van der Waals surface area contributed by atoms with Gasteiger partial charge in [0.2, 0.25) is 0 Å². The second-order valence-corrected chi connectivity index (χ2v) is 9.22. The van der Waals surface area contributed by atoms with Gasteiger partial charge in [0.25, 0.3) is 5.91 Å². The quantitative estimate of drug-likeness (QED) is 0.178. The minimum atomic E-state index is -0.491. The molecule has 1 aliphatic heterocycles. The van der Waals surface area contributed by atoms with Crippen LogP contribution in [0.1, 0.15) is 25.3 Å². The van der Waals surface area contributed by atoms with E-state index >= 15 is 0 Å². The van der Waals surface area contributed by atoms with Crippen LogP contribution in [0.5, 0.6) is 5.75 Å². The van der Waals surface area contributed by atoms with Gasteiger partial charge in [0, 0.05) is 29.9 Å². The van der Waals surface area contributed by atoms with E-state index in [1.165, 1.54) is 24.9 Å². The minimum absolute atomic E-state index is 0.137. The zero-order chi connectivity index (χ0) is 24.2. The van der Waals surface area contributed by atoms with Crippen LogP contribution >= 0.6 is 24.0 Å². The number of thioether (sulfide) groups is 1. The molecule has 0 N–H and O–H groups in total. The number of hydrogen-bond donors (Lipinski definition) is 0. The maximum absolute atomic E-state index is 13.0. The maximum atomic E-state index is 13.0. The molecule has 0 bridgehead atoms. The summed E-state index contributed by atoms with van der Waals surface area (Å²) in [5.41, 5.74) is 2.36. The lowest BCUT2D eigenvalue weighted by atomic mass is 10.1. The highest BCUT2D eigenvalue weighted by Crippen LogP contribution is 2.37. The molecule has 0 unspecified atom stereocenters. The smallest absolute Gasteiger partial charge is 0.311 e. The summed E-state index contributed by atoms with van der Waals surface area (Å²) in [5.74, 6) is 0.0251. The van der Waals surface area contributed by atoms with E-state index in [-0.39, 0.29) is 17.3 Å². The summed E-state index contributed by atoms with van der Waals surface area (Å²) in [7, 11) is 1.39. The lowest BCUT2D eigenvalue weighted by Gasteiger charge is -2.12. The van der Waals surface area contributed by atoms with Gasteiger partial charge < -0.3 is 4.74 Å². The molecule has 0 saturated carbocycles. The first-order valence-electron chi connectivity index (χ1n) is 10.7. The lowest BCUT2D eigenvalue weighted by molar-refractivity contribution is -0.385. The molecule has 0 radical (unpaired) electrons. The summed E-state index contributed by atoms with van der Waals surface area (Å²) in [4.78, 5) is 26.2. The molecule has 2 aromatic carbocycles. The molecule has 3 aromatic rings. The van der Waals surface area contributed by atoms with Crippen molar-refractivity contribution in [2.75, 3.05) is 13.7 Å². The highest BCUT2D eigenvalue weighted by molar-refractivity contribution is 8.26. The Morgan fingerprint density at radius 1 is 1.24 bits per heavy atom. The highest BCUT2D eigenvalue weighted by atomic mass is 32.2. The van der Waals surface area contributed by atoms with Crippen LogP contribution in [0.4, 0.5) is 5.69 Å². The SMILES string of the molecule is CCCCN1C(=O)C(=Cc2cn(-c3ccccc3)nc2-c2ccc(OC)c([N+](=O)[O-])c2)SC1=S. The van der Waals surface area contributed by atoms with Gasteiger partial charge in [0.15, 0.2) is 5.75 Å². The predicted octanol–water partition coefficient (Wildman–Crippen LogP) is 5.46. The summed E-state index contributed by atoms with van der Waals surface area (Å²) in [6.45, 7) is 2.64. The fourth-order valence-electron chi connectivity index (χ4n) is 3.56. The number of nitro groups is 1. The van der Waals surface area contributed by atoms with Gasteiger partial charge in [0.05, 0.1) is 22.6 Å². The normalized spacial score (nSPS) is 14.8. The highest BCUT2D eigenvalue weighted by Gasteiger charge is 2.32. The van der Waals surface area contributed by atoms with Gasteiger partial charge in [-0.25, -0.2) is 4.68 Å². The van der Waals surface area contributed by atoms with Crippen molar-refractivity contribution in [3.63, 3.8) is 0 Å². The average molecular weight is 495 g/mol. The topological polar surface area (TPSA) is 90.5 Å². The number of amides is 1. The van der Waals surface area contributed by atoms with Crippen molar-refractivity contribution < 1.29 is 14.5 Å². The second-order valence-electron chi connectivity index (χ2n) is 7.54. The van der Waals surface area contributed by atoms with Crippen LogP contribution in [0.25, 0.3) is 23.0 Å². The number of nitro benzene ring substituents is 1. The van der Waals surface area contributed by atoms with Crippen molar-refractivity contribution in [2.24, 2.45) is 0 Å². The van der Waals surface area contributed by atoms with Crippen molar-refractivity contribution in [1.29, 1.82) is 0 Å². The number of hydrogen-bond acceptors (Lipinski definition) is 7. The molecule has 1 amide bonds. The second kappa shape index (κ2) is 10.2. The Hall–Kier alpha value is -3.50. The first-order valence-corrected chi connectivity index (χ1v) is 11.9.